The zero-order valence-corrected chi connectivity index (χ0v) is 11.3. The molecule has 0 rings (SSSR count). The molecular formula is C14H27NO. The standard InChI is InChI=1S/C7H15N.C7H12O/c1-4-6-7-8(3)5-2;1-3-4-5-7(2)6-8/h4H,1,5-7H2,2-3H3;4-7H,3H2,1-2H3/b;5-4-. The normalized spacial score (nSPS) is 12.1. The molecule has 0 saturated carbocycles. The van der Waals surface area contributed by atoms with Crippen molar-refractivity contribution in [1.82, 2.24) is 4.90 Å². The van der Waals surface area contributed by atoms with Crippen molar-refractivity contribution in [2.24, 2.45) is 5.92 Å². The van der Waals surface area contributed by atoms with Gasteiger partial charge in [0, 0.05) is 12.5 Å². The van der Waals surface area contributed by atoms with E-state index in [0.717, 1.165) is 32.2 Å². The van der Waals surface area contributed by atoms with E-state index in [1.54, 1.807) is 0 Å². The molecule has 0 aromatic carbocycles. The lowest BCUT2D eigenvalue weighted by Gasteiger charge is -2.10. The Morgan fingerprint density at radius 1 is 1.38 bits per heavy atom. The average molecular weight is 225 g/mol. The van der Waals surface area contributed by atoms with E-state index in [1.807, 2.05) is 32.1 Å². The molecule has 16 heavy (non-hydrogen) atoms. The first-order chi connectivity index (χ1) is 7.62. The van der Waals surface area contributed by atoms with Gasteiger partial charge in [0.1, 0.15) is 6.29 Å². The molecule has 0 amide bonds. The third-order valence-electron chi connectivity index (χ3n) is 2.14. The first-order valence-electron chi connectivity index (χ1n) is 6.03. The molecule has 0 bridgehead atoms. The second-order valence-electron chi connectivity index (χ2n) is 3.80. The zero-order valence-electron chi connectivity index (χ0n) is 11.3. The fraction of sp³-hybridized carbons (Fsp3) is 0.643. The van der Waals surface area contributed by atoms with Crippen molar-refractivity contribution in [3.8, 4) is 0 Å². The molecule has 0 saturated heterocycles. The number of carbonyl (C=O) groups excluding carboxylic acids is 1. The number of rotatable bonds is 7. The Bertz CT molecular complexity index is 187. The van der Waals surface area contributed by atoms with Crippen LogP contribution in [0.15, 0.2) is 24.8 Å². The highest BCUT2D eigenvalue weighted by molar-refractivity contribution is 5.55. The van der Waals surface area contributed by atoms with Crippen LogP contribution in [0.1, 0.15) is 33.6 Å². The molecule has 0 spiro atoms. The summed E-state index contributed by atoms with van der Waals surface area (Å²) in [5.74, 6) is 0.0925. The minimum atomic E-state index is 0.0925. The third-order valence-corrected chi connectivity index (χ3v) is 2.14. The fourth-order valence-corrected chi connectivity index (χ4v) is 0.866. The molecule has 0 radical (unpaired) electrons. The maximum Gasteiger partial charge on any atom is 0.126 e. The lowest BCUT2D eigenvalue weighted by molar-refractivity contribution is -0.109. The highest BCUT2D eigenvalue weighted by atomic mass is 16.1. The summed E-state index contributed by atoms with van der Waals surface area (Å²) in [6.07, 6.45) is 8.91. The molecule has 1 atom stereocenters. The molecule has 1 unspecified atom stereocenters. The average Bonchev–Trinajstić information content (AvgIpc) is 2.33. The summed E-state index contributed by atoms with van der Waals surface area (Å²) in [4.78, 5) is 12.2. The lowest BCUT2D eigenvalue weighted by Crippen LogP contribution is -2.17. The van der Waals surface area contributed by atoms with E-state index >= 15 is 0 Å². The van der Waals surface area contributed by atoms with Crippen LogP contribution >= 0.6 is 0 Å². The maximum atomic E-state index is 9.96. The SMILES string of the molecule is C=CCCN(C)CC.CC/C=C\C(C)C=O. The van der Waals surface area contributed by atoms with Crippen LogP contribution in [0, 0.1) is 5.92 Å². The van der Waals surface area contributed by atoms with Crippen molar-refractivity contribution in [1.29, 1.82) is 0 Å². The van der Waals surface area contributed by atoms with Crippen LogP contribution in [0.4, 0.5) is 0 Å². The van der Waals surface area contributed by atoms with Gasteiger partial charge in [0.25, 0.3) is 0 Å². The Labute approximate surface area is 101 Å². The van der Waals surface area contributed by atoms with Gasteiger partial charge in [-0.15, -0.1) is 6.58 Å². The van der Waals surface area contributed by atoms with Crippen LogP contribution in [-0.4, -0.2) is 31.3 Å². The van der Waals surface area contributed by atoms with E-state index in [1.165, 1.54) is 0 Å². The summed E-state index contributed by atoms with van der Waals surface area (Å²) in [7, 11) is 2.11. The van der Waals surface area contributed by atoms with E-state index in [0.29, 0.717) is 0 Å². The van der Waals surface area contributed by atoms with Gasteiger partial charge >= 0.3 is 0 Å². The highest BCUT2D eigenvalue weighted by Crippen LogP contribution is 1.91. The first kappa shape index (κ1) is 17.5. The number of aldehydes is 1. The largest absolute Gasteiger partial charge is 0.306 e. The number of allylic oxidation sites excluding steroid dienone is 2. The summed E-state index contributed by atoms with van der Waals surface area (Å²) in [6, 6.07) is 0. The number of nitrogens with zero attached hydrogens (tertiary/aromatic N) is 1. The van der Waals surface area contributed by atoms with Crippen LogP contribution in [0.25, 0.3) is 0 Å². The minimum Gasteiger partial charge on any atom is -0.306 e. The molecule has 0 aromatic rings. The molecule has 0 heterocycles. The van der Waals surface area contributed by atoms with Gasteiger partial charge < -0.3 is 9.69 Å². The molecule has 0 fully saturated rings. The van der Waals surface area contributed by atoms with E-state index in [-0.39, 0.29) is 5.92 Å². The van der Waals surface area contributed by atoms with Crippen LogP contribution in [0.3, 0.4) is 0 Å². The van der Waals surface area contributed by atoms with Crippen molar-refractivity contribution in [3.63, 3.8) is 0 Å². The van der Waals surface area contributed by atoms with Crippen molar-refractivity contribution in [3.05, 3.63) is 24.8 Å². The Morgan fingerprint density at radius 2 is 2.00 bits per heavy atom. The van der Waals surface area contributed by atoms with Crippen LogP contribution < -0.4 is 0 Å². The van der Waals surface area contributed by atoms with E-state index in [4.69, 9.17) is 0 Å². The number of carbonyl (C=O) groups is 1. The number of hydrogen-bond donors (Lipinski definition) is 0. The summed E-state index contributed by atoms with van der Waals surface area (Å²) < 4.78 is 0. The second-order valence-corrected chi connectivity index (χ2v) is 3.80. The van der Waals surface area contributed by atoms with Gasteiger partial charge in [0.2, 0.25) is 0 Å². The fourth-order valence-electron chi connectivity index (χ4n) is 0.866. The molecular weight excluding hydrogens is 198 g/mol. The van der Waals surface area contributed by atoms with Crippen molar-refractivity contribution >= 4 is 6.29 Å². The van der Waals surface area contributed by atoms with Crippen molar-refractivity contribution < 1.29 is 4.79 Å². The van der Waals surface area contributed by atoms with E-state index < -0.39 is 0 Å². The topological polar surface area (TPSA) is 20.3 Å². The summed E-state index contributed by atoms with van der Waals surface area (Å²) >= 11 is 0. The van der Waals surface area contributed by atoms with E-state index in [2.05, 4.69) is 25.5 Å². The molecule has 0 N–H and O–H groups in total. The van der Waals surface area contributed by atoms with Gasteiger partial charge in [0.15, 0.2) is 0 Å². The summed E-state index contributed by atoms with van der Waals surface area (Å²) in [5, 5.41) is 0. The van der Waals surface area contributed by atoms with Gasteiger partial charge in [-0.05, 0) is 26.4 Å². The van der Waals surface area contributed by atoms with Gasteiger partial charge in [-0.3, -0.25) is 0 Å². The van der Waals surface area contributed by atoms with Gasteiger partial charge in [-0.1, -0.05) is 39.0 Å². The van der Waals surface area contributed by atoms with Gasteiger partial charge in [0.05, 0.1) is 0 Å². The van der Waals surface area contributed by atoms with Crippen LogP contribution in [-0.2, 0) is 4.79 Å². The smallest absolute Gasteiger partial charge is 0.126 e. The number of hydrogen-bond acceptors (Lipinski definition) is 2. The second kappa shape index (κ2) is 14.1. The van der Waals surface area contributed by atoms with Gasteiger partial charge in [-0.25, -0.2) is 0 Å². The predicted molar refractivity (Wildman–Crippen MR) is 72.6 cm³/mol. The Balaban J connectivity index is 0. The van der Waals surface area contributed by atoms with E-state index in [9.17, 15) is 4.79 Å². The van der Waals surface area contributed by atoms with Gasteiger partial charge in [-0.2, -0.15) is 0 Å². The Kier molecular flexibility index (Phi) is 15.4. The maximum absolute atomic E-state index is 9.96. The van der Waals surface area contributed by atoms with Crippen LogP contribution in [0.5, 0.6) is 0 Å². The summed E-state index contributed by atoms with van der Waals surface area (Å²) in [5.41, 5.74) is 0. The quantitative estimate of drug-likeness (QED) is 0.489. The highest BCUT2D eigenvalue weighted by Gasteiger charge is 1.88. The van der Waals surface area contributed by atoms with Crippen LogP contribution in [0.2, 0.25) is 0 Å². The lowest BCUT2D eigenvalue weighted by atomic mass is 10.2. The predicted octanol–water partition coefficient (Wildman–Crippen LogP) is 3.30. The minimum absolute atomic E-state index is 0.0925. The van der Waals surface area contributed by atoms with Crippen molar-refractivity contribution in [2.45, 2.75) is 33.6 Å². The molecule has 0 aliphatic heterocycles. The molecule has 0 aliphatic rings. The third kappa shape index (κ3) is 15.6. The zero-order chi connectivity index (χ0) is 12.8. The molecule has 0 aliphatic carbocycles. The molecule has 2 nitrogen and oxygen atoms in total. The van der Waals surface area contributed by atoms with Crippen molar-refractivity contribution in [2.75, 3.05) is 20.1 Å². The Morgan fingerprint density at radius 3 is 2.38 bits per heavy atom. The first-order valence-corrected chi connectivity index (χ1v) is 6.03. The monoisotopic (exact) mass is 225 g/mol. The summed E-state index contributed by atoms with van der Waals surface area (Å²) in [6.45, 7) is 12.0. The molecule has 94 valence electrons. The Hall–Kier alpha value is -0.890. The molecule has 0 aromatic heterocycles. The molecule has 2 heteroatoms.